The average molecular weight is 281 g/mol. The van der Waals surface area contributed by atoms with Crippen molar-refractivity contribution < 1.29 is 8.42 Å². The van der Waals surface area contributed by atoms with E-state index in [2.05, 4.69) is 25.1 Å². The highest BCUT2D eigenvalue weighted by atomic mass is 32.2. The molecule has 1 aromatic rings. The standard InChI is InChI=1S/C15H23NO2S/c1-11(2)10-15(12(3)4)16-19(17,18)14-8-6-13(5)7-9-14/h6-9,11,15-16H,3,10H2,1-2,4-5H3/t15-/m0/s1. The van der Waals surface area contributed by atoms with Gasteiger partial charge in [-0.15, -0.1) is 0 Å². The van der Waals surface area contributed by atoms with Gasteiger partial charge < -0.3 is 0 Å². The van der Waals surface area contributed by atoms with Crippen molar-refractivity contribution >= 4 is 10.0 Å². The lowest BCUT2D eigenvalue weighted by atomic mass is 10.00. The molecule has 19 heavy (non-hydrogen) atoms. The van der Waals surface area contributed by atoms with Crippen molar-refractivity contribution in [3.05, 3.63) is 42.0 Å². The molecule has 3 nitrogen and oxygen atoms in total. The highest BCUT2D eigenvalue weighted by Gasteiger charge is 2.21. The second-order valence-corrected chi connectivity index (χ2v) is 7.18. The normalized spacial score (nSPS) is 13.5. The molecule has 0 radical (unpaired) electrons. The molecule has 0 fully saturated rings. The Labute approximate surface area is 116 Å². The van der Waals surface area contributed by atoms with Crippen molar-refractivity contribution in [1.82, 2.24) is 4.72 Å². The van der Waals surface area contributed by atoms with Crippen molar-refractivity contribution in [2.45, 2.75) is 45.1 Å². The fourth-order valence-corrected chi connectivity index (χ4v) is 3.10. The largest absolute Gasteiger partial charge is 0.241 e. The van der Waals surface area contributed by atoms with Gasteiger partial charge in [0.05, 0.1) is 4.90 Å². The molecule has 0 saturated heterocycles. The van der Waals surface area contributed by atoms with E-state index >= 15 is 0 Å². The summed E-state index contributed by atoms with van der Waals surface area (Å²) in [5.74, 6) is 0.405. The van der Waals surface area contributed by atoms with Crippen LogP contribution in [0.1, 0.15) is 32.8 Å². The molecule has 1 atom stereocenters. The van der Waals surface area contributed by atoms with Crippen LogP contribution in [0.3, 0.4) is 0 Å². The van der Waals surface area contributed by atoms with Crippen molar-refractivity contribution in [3.8, 4) is 0 Å². The van der Waals surface area contributed by atoms with Crippen molar-refractivity contribution in [1.29, 1.82) is 0 Å². The van der Waals surface area contributed by atoms with Gasteiger partial charge >= 0.3 is 0 Å². The molecule has 1 rings (SSSR count). The molecule has 0 aromatic heterocycles. The van der Waals surface area contributed by atoms with Crippen LogP contribution in [0.2, 0.25) is 0 Å². The third kappa shape index (κ3) is 4.80. The molecule has 0 bridgehead atoms. The smallest absolute Gasteiger partial charge is 0.207 e. The maximum atomic E-state index is 12.3. The molecular formula is C15H23NO2S. The molecule has 0 aliphatic rings. The number of sulfonamides is 1. The van der Waals surface area contributed by atoms with Crippen LogP contribution in [-0.4, -0.2) is 14.5 Å². The minimum absolute atomic E-state index is 0.216. The molecule has 0 amide bonds. The Morgan fingerprint density at radius 3 is 2.21 bits per heavy atom. The number of rotatable bonds is 6. The first-order chi connectivity index (χ1) is 8.72. The van der Waals surface area contributed by atoms with Crippen LogP contribution in [0.25, 0.3) is 0 Å². The topological polar surface area (TPSA) is 46.2 Å². The van der Waals surface area contributed by atoms with Crippen LogP contribution in [0.15, 0.2) is 41.3 Å². The Kier molecular flexibility index (Phi) is 5.32. The first-order valence-corrected chi connectivity index (χ1v) is 7.95. The lowest BCUT2D eigenvalue weighted by Crippen LogP contribution is -2.36. The number of aryl methyl sites for hydroxylation is 1. The van der Waals surface area contributed by atoms with Gasteiger partial charge in [0.25, 0.3) is 0 Å². The number of benzene rings is 1. The van der Waals surface area contributed by atoms with E-state index in [-0.39, 0.29) is 6.04 Å². The second-order valence-electron chi connectivity index (χ2n) is 5.46. The Bertz CT molecular complexity index is 530. The Morgan fingerprint density at radius 1 is 1.26 bits per heavy atom. The zero-order valence-electron chi connectivity index (χ0n) is 12.1. The van der Waals surface area contributed by atoms with E-state index in [0.29, 0.717) is 10.8 Å². The van der Waals surface area contributed by atoms with Gasteiger partial charge in [-0.2, -0.15) is 0 Å². The van der Waals surface area contributed by atoms with E-state index in [1.54, 1.807) is 24.3 Å². The Morgan fingerprint density at radius 2 is 1.79 bits per heavy atom. The van der Waals surface area contributed by atoms with Crippen molar-refractivity contribution in [2.24, 2.45) is 5.92 Å². The second kappa shape index (κ2) is 6.35. The predicted octanol–water partition coefficient (Wildman–Crippen LogP) is 3.26. The van der Waals surface area contributed by atoms with Crippen LogP contribution >= 0.6 is 0 Å². The molecule has 106 valence electrons. The zero-order valence-corrected chi connectivity index (χ0v) is 12.9. The summed E-state index contributed by atoms with van der Waals surface area (Å²) in [6.45, 7) is 11.8. The van der Waals surface area contributed by atoms with Crippen LogP contribution in [-0.2, 0) is 10.0 Å². The van der Waals surface area contributed by atoms with E-state index < -0.39 is 10.0 Å². The molecule has 1 N–H and O–H groups in total. The molecule has 0 aliphatic heterocycles. The van der Waals surface area contributed by atoms with Gasteiger partial charge in [0.2, 0.25) is 10.0 Å². The molecule has 0 spiro atoms. The van der Waals surface area contributed by atoms with Crippen LogP contribution in [0, 0.1) is 12.8 Å². The molecule has 1 aromatic carbocycles. The van der Waals surface area contributed by atoms with E-state index in [4.69, 9.17) is 0 Å². The van der Waals surface area contributed by atoms with Gasteiger partial charge in [-0.25, -0.2) is 13.1 Å². The lowest BCUT2D eigenvalue weighted by Gasteiger charge is -2.20. The predicted molar refractivity (Wildman–Crippen MR) is 79.6 cm³/mol. The molecule has 0 unspecified atom stereocenters. The highest BCUT2D eigenvalue weighted by molar-refractivity contribution is 7.89. The van der Waals surface area contributed by atoms with Crippen molar-refractivity contribution in [2.75, 3.05) is 0 Å². The summed E-state index contributed by atoms with van der Waals surface area (Å²) in [6, 6.07) is 6.64. The SMILES string of the molecule is C=C(C)[C@H](CC(C)C)NS(=O)(=O)c1ccc(C)cc1. The summed E-state index contributed by atoms with van der Waals surface area (Å²) in [7, 11) is -3.48. The molecule has 0 heterocycles. The van der Waals surface area contributed by atoms with Gasteiger partial charge in [-0.05, 0) is 38.3 Å². The fourth-order valence-electron chi connectivity index (χ4n) is 1.79. The maximum absolute atomic E-state index is 12.3. The van der Waals surface area contributed by atoms with Gasteiger partial charge in [-0.3, -0.25) is 0 Å². The maximum Gasteiger partial charge on any atom is 0.241 e. The first-order valence-electron chi connectivity index (χ1n) is 6.47. The van der Waals surface area contributed by atoms with Gasteiger partial charge in [0, 0.05) is 6.04 Å². The summed E-state index contributed by atoms with van der Waals surface area (Å²) >= 11 is 0. The van der Waals surface area contributed by atoms with Crippen molar-refractivity contribution in [3.63, 3.8) is 0 Å². The Balaban J connectivity index is 2.94. The summed E-state index contributed by atoms with van der Waals surface area (Å²) in [4.78, 5) is 0.299. The lowest BCUT2D eigenvalue weighted by molar-refractivity contribution is 0.495. The summed E-state index contributed by atoms with van der Waals surface area (Å²) in [6.07, 6.45) is 0.750. The highest BCUT2D eigenvalue weighted by Crippen LogP contribution is 2.16. The monoisotopic (exact) mass is 281 g/mol. The van der Waals surface area contributed by atoms with E-state index in [1.165, 1.54) is 0 Å². The van der Waals surface area contributed by atoms with E-state index in [1.807, 2.05) is 13.8 Å². The minimum Gasteiger partial charge on any atom is -0.207 e. The number of hydrogen-bond acceptors (Lipinski definition) is 2. The fraction of sp³-hybridized carbons (Fsp3) is 0.467. The third-order valence-corrected chi connectivity index (χ3v) is 4.42. The third-order valence-electron chi connectivity index (χ3n) is 2.93. The molecule has 0 saturated carbocycles. The molecule has 4 heteroatoms. The Hall–Kier alpha value is -1.13. The minimum atomic E-state index is -3.48. The number of hydrogen-bond donors (Lipinski definition) is 1. The van der Waals surface area contributed by atoms with Gasteiger partial charge in [-0.1, -0.05) is 43.7 Å². The van der Waals surface area contributed by atoms with E-state index in [9.17, 15) is 8.42 Å². The average Bonchev–Trinajstić information content (AvgIpc) is 2.27. The van der Waals surface area contributed by atoms with Gasteiger partial charge in [0.15, 0.2) is 0 Å². The number of nitrogens with one attached hydrogen (secondary N) is 1. The summed E-state index contributed by atoms with van der Waals surface area (Å²) in [5, 5.41) is 0. The van der Waals surface area contributed by atoms with Crippen LogP contribution in [0.5, 0.6) is 0 Å². The zero-order chi connectivity index (χ0) is 14.6. The van der Waals surface area contributed by atoms with Gasteiger partial charge in [0.1, 0.15) is 0 Å². The summed E-state index contributed by atoms with van der Waals surface area (Å²) < 4.78 is 27.3. The molecule has 0 aliphatic carbocycles. The molecular weight excluding hydrogens is 258 g/mol. The quantitative estimate of drug-likeness (QED) is 0.813. The van der Waals surface area contributed by atoms with Crippen LogP contribution in [0.4, 0.5) is 0 Å². The first kappa shape index (κ1) is 15.9. The summed E-state index contributed by atoms with van der Waals surface area (Å²) in [5.41, 5.74) is 1.88. The van der Waals surface area contributed by atoms with E-state index in [0.717, 1.165) is 17.6 Å². The van der Waals surface area contributed by atoms with Crippen LogP contribution < -0.4 is 4.72 Å².